The van der Waals surface area contributed by atoms with Crippen LogP contribution in [0.1, 0.15) is 44.9 Å². The maximum Gasteiger partial charge on any atom is 0.0258 e. The molecular weight excluding hydrogens is 134 g/mol. The van der Waals surface area contributed by atoms with Crippen LogP contribution < -0.4 is 0 Å². The number of nitrogens with zero attached hydrogens (tertiary/aromatic N) is 1. The van der Waals surface area contributed by atoms with Crippen molar-refractivity contribution in [3.05, 3.63) is 0 Å². The first-order valence-electron chi connectivity index (χ1n) is 5.24. The average Bonchev–Trinajstić information content (AvgIpc) is 2.57. The first kappa shape index (κ1) is 6.47. The van der Waals surface area contributed by atoms with E-state index in [1.54, 1.807) is 0 Å². The summed E-state index contributed by atoms with van der Waals surface area (Å²) in [6.45, 7) is 0. The van der Waals surface area contributed by atoms with Crippen molar-refractivity contribution < 1.29 is 0 Å². The summed E-state index contributed by atoms with van der Waals surface area (Å²) in [6, 6.07) is 3.13. The standard InChI is InChI=1S/C10H17N/c1-2-5-8(4-1)11-9-6-3-7-10(9)11/h8-10H,1-7H2. The lowest BCUT2D eigenvalue weighted by Crippen LogP contribution is -2.19. The summed E-state index contributed by atoms with van der Waals surface area (Å²) in [6.07, 6.45) is 10.6. The predicted octanol–water partition coefficient (Wildman–Crippen LogP) is 2.17. The molecule has 0 N–H and O–H groups in total. The highest BCUT2D eigenvalue weighted by Crippen LogP contribution is 2.47. The molecular formula is C10H17N. The fraction of sp³-hybridized carbons (Fsp3) is 1.00. The molecule has 0 amide bonds. The van der Waals surface area contributed by atoms with Crippen LogP contribution in [0.5, 0.6) is 0 Å². The molecule has 0 bridgehead atoms. The summed E-state index contributed by atoms with van der Waals surface area (Å²) in [5.74, 6) is 0. The molecule has 3 rings (SSSR count). The van der Waals surface area contributed by atoms with Crippen molar-refractivity contribution in [2.24, 2.45) is 0 Å². The minimum absolute atomic E-state index is 1.02. The highest BCUT2D eigenvalue weighted by Gasteiger charge is 2.53. The third-order valence-corrected chi connectivity index (χ3v) is 3.87. The summed E-state index contributed by atoms with van der Waals surface area (Å²) in [7, 11) is 0. The lowest BCUT2D eigenvalue weighted by Gasteiger charge is -2.14. The molecule has 0 aromatic rings. The maximum atomic E-state index is 2.82. The highest BCUT2D eigenvalue weighted by atomic mass is 15.4. The molecule has 3 fully saturated rings. The second-order valence-corrected chi connectivity index (χ2v) is 4.45. The van der Waals surface area contributed by atoms with Gasteiger partial charge in [-0.05, 0) is 25.7 Å². The Labute approximate surface area is 68.8 Å². The summed E-state index contributed by atoms with van der Waals surface area (Å²) in [4.78, 5) is 2.82. The van der Waals surface area contributed by atoms with Gasteiger partial charge in [-0.1, -0.05) is 19.3 Å². The van der Waals surface area contributed by atoms with Crippen LogP contribution in [0.25, 0.3) is 0 Å². The molecule has 0 aromatic carbocycles. The molecule has 11 heavy (non-hydrogen) atoms. The van der Waals surface area contributed by atoms with E-state index in [4.69, 9.17) is 0 Å². The van der Waals surface area contributed by atoms with Crippen LogP contribution >= 0.6 is 0 Å². The molecule has 2 saturated carbocycles. The van der Waals surface area contributed by atoms with Crippen LogP contribution in [0.3, 0.4) is 0 Å². The van der Waals surface area contributed by atoms with Gasteiger partial charge in [0.1, 0.15) is 0 Å². The van der Waals surface area contributed by atoms with Gasteiger partial charge in [0.2, 0.25) is 0 Å². The van der Waals surface area contributed by atoms with Crippen molar-refractivity contribution in [2.75, 3.05) is 0 Å². The zero-order valence-corrected chi connectivity index (χ0v) is 7.13. The van der Waals surface area contributed by atoms with Gasteiger partial charge in [-0.25, -0.2) is 0 Å². The van der Waals surface area contributed by atoms with E-state index < -0.39 is 0 Å². The van der Waals surface area contributed by atoms with E-state index in [-0.39, 0.29) is 0 Å². The van der Waals surface area contributed by atoms with Crippen LogP contribution in [0.15, 0.2) is 0 Å². The normalized spacial score (nSPS) is 49.6. The van der Waals surface area contributed by atoms with Gasteiger partial charge in [0.15, 0.2) is 0 Å². The molecule has 1 nitrogen and oxygen atoms in total. The van der Waals surface area contributed by atoms with Crippen molar-refractivity contribution in [1.29, 1.82) is 0 Å². The Kier molecular flexibility index (Phi) is 1.31. The van der Waals surface area contributed by atoms with Crippen LogP contribution in [0, 0.1) is 0 Å². The van der Waals surface area contributed by atoms with Gasteiger partial charge < -0.3 is 0 Å². The minimum atomic E-state index is 1.02. The van der Waals surface area contributed by atoms with E-state index >= 15 is 0 Å². The molecule has 1 heterocycles. The molecule has 1 aliphatic heterocycles. The van der Waals surface area contributed by atoms with E-state index in [0.717, 1.165) is 18.1 Å². The Bertz CT molecular complexity index is 150. The third-order valence-electron chi connectivity index (χ3n) is 3.87. The Hall–Kier alpha value is -0.0400. The van der Waals surface area contributed by atoms with Crippen LogP contribution in [0.4, 0.5) is 0 Å². The van der Waals surface area contributed by atoms with E-state index in [1.165, 1.54) is 44.9 Å². The smallest absolute Gasteiger partial charge is 0.0258 e. The average molecular weight is 151 g/mol. The van der Waals surface area contributed by atoms with Crippen LogP contribution in [-0.2, 0) is 0 Å². The topological polar surface area (TPSA) is 3.01 Å². The number of hydrogen-bond acceptors (Lipinski definition) is 1. The number of piperidine rings is 1. The van der Waals surface area contributed by atoms with E-state index in [9.17, 15) is 0 Å². The van der Waals surface area contributed by atoms with Crippen LogP contribution in [-0.4, -0.2) is 23.0 Å². The molecule has 1 heteroatoms. The quantitative estimate of drug-likeness (QED) is 0.519. The van der Waals surface area contributed by atoms with Crippen LogP contribution in [0.2, 0.25) is 0 Å². The zero-order valence-electron chi connectivity index (χ0n) is 7.13. The van der Waals surface area contributed by atoms with Gasteiger partial charge in [0.05, 0.1) is 0 Å². The number of fused-ring (bicyclic) bond motifs is 1. The predicted molar refractivity (Wildman–Crippen MR) is 45.5 cm³/mol. The van der Waals surface area contributed by atoms with Crippen molar-refractivity contribution in [2.45, 2.75) is 63.1 Å². The Morgan fingerprint density at radius 2 is 1.36 bits per heavy atom. The lowest BCUT2D eigenvalue weighted by atomic mass is 10.2. The molecule has 2 atom stereocenters. The van der Waals surface area contributed by atoms with Gasteiger partial charge in [-0.15, -0.1) is 0 Å². The second kappa shape index (κ2) is 2.22. The Morgan fingerprint density at radius 1 is 0.727 bits per heavy atom. The fourth-order valence-electron chi connectivity index (χ4n) is 3.32. The molecule has 0 aromatic heterocycles. The maximum absolute atomic E-state index is 2.82. The van der Waals surface area contributed by atoms with Crippen molar-refractivity contribution in [3.8, 4) is 0 Å². The van der Waals surface area contributed by atoms with Gasteiger partial charge in [0.25, 0.3) is 0 Å². The van der Waals surface area contributed by atoms with Crippen molar-refractivity contribution in [3.63, 3.8) is 0 Å². The monoisotopic (exact) mass is 151 g/mol. The molecule has 1 saturated heterocycles. The third kappa shape index (κ3) is 0.868. The minimum Gasteiger partial charge on any atom is -0.291 e. The van der Waals surface area contributed by atoms with E-state index in [1.807, 2.05) is 0 Å². The summed E-state index contributed by atoms with van der Waals surface area (Å²) < 4.78 is 0. The van der Waals surface area contributed by atoms with Gasteiger partial charge >= 0.3 is 0 Å². The number of hydrogen-bond donors (Lipinski definition) is 0. The largest absolute Gasteiger partial charge is 0.291 e. The molecule has 2 aliphatic carbocycles. The number of likely N-dealkylation sites (tertiary alicyclic amines) is 1. The molecule has 2 unspecified atom stereocenters. The Balaban J connectivity index is 1.65. The first-order chi connectivity index (χ1) is 5.47. The van der Waals surface area contributed by atoms with Gasteiger partial charge in [-0.2, -0.15) is 0 Å². The SMILES string of the molecule is C1CCC(N2C3CCCC32)C1. The van der Waals surface area contributed by atoms with Gasteiger partial charge in [-0.3, -0.25) is 4.90 Å². The van der Waals surface area contributed by atoms with Crippen molar-refractivity contribution >= 4 is 0 Å². The molecule has 3 aliphatic rings. The fourth-order valence-corrected chi connectivity index (χ4v) is 3.32. The van der Waals surface area contributed by atoms with Gasteiger partial charge in [0, 0.05) is 18.1 Å². The molecule has 62 valence electrons. The van der Waals surface area contributed by atoms with E-state index in [0.29, 0.717) is 0 Å². The first-order valence-corrected chi connectivity index (χ1v) is 5.24. The second-order valence-electron chi connectivity index (χ2n) is 4.45. The van der Waals surface area contributed by atoms with Crippen molar-refractivity contribution in [1.82, 2.24) is 4.90 Å². The van der Waals surface area contributed by atoms with E-state index in [2.05, 4.69) is 4.90 Å². The summed E-state index contributed by atoms with van der Waals surface area (Å²) in [5.41, 5.74) is 0. The summed E-state index contributed by atoms with van der Waals surface area (Å²) >= 11 is 0. The highest BCUT2D eigenvalue weighted by molar-refractivity contribution is 5.09. The Morgan fingerprint density at radius 3 is 2.00 bits per heavy atom. The molecule has 0 radical (unpaired) electrons. The molecule has 0 spiro atoms. The lowest BCUT2D eigenvalue weighted by molar-refractivity contribution is 0.325. The summed E-state index contributed by atoms with van der Waals surface area (Å²) in [5, 5.41) is 0. The number of rotatable bonds is 1. The zero-order chi connectivity index (χ0) is 7.26.